The summed E-state index contributed by atoms with van der Waals surface area (Å²) < 4.78 is 21.8. The number of aryl methyl sites for hydroxylation is 3. The minimum absolute atomic E-state index is 0.156. The van der Waals surface area contributed by atoms with E-state index in [9.17, 15) is 9.18 Å². The van der Waals surface area contributed by atoms with Crippen LogP contribution in [0, 0.1) is 26.7 Å². The molecule has 8 heteroatoms. The number of pyridine rings is 1. The van der Waals surface area contributed by atoms with Gasteiger partial charge in [0.25, 0.3) is 0 Å². The fraction of sp³-hybridized carbons (Fsp3) is 0.261. The molecule has 4 aromatic rings. The Labute approximate surface area is 183 Å². The van der Waals surface area contributed by atoms with Crippen LogP contribution in [0.4, 0.5) is 10.1 Å². The fourth-order valence-electron chi connectivity index (χ4n) is 3.72. The number of nitrogens with one attached hydrogen (secondary N) is 1. The van der Waals surface area contributed by atoms with Crippen molar-refractivity contribution in [2.45, 2.75) is 33.7 Å². The number of fused-ring (bicyclic) bond motifs is 1. The lowest BCUT2D eigenvalue weighted by atomic mass is 9.99. The van der Waals surface area contributed by atoms with Gasteiger partial charge >= 0.3 is 0 Å². The molecule has 1 aromatic carbocycles. The van der Waals surface area contributed by atoms with Crippen molar-refractivity contribution in [1.29, 1.82) is 0 Å². The molecule has 6 nitrogen and oxygen atoms in total. The number of nitrogens with zero attached hydrogens (tertiary/aromatic N) is 3. The Kier molecular flexibility index (Phi) is 5.31. The van der Waals surface area contributed by atoms with Crippen molar-refractivity contribution < 1.29 is 8.81 Å². The van der Waals surface area contributed by atoms with Gasteiger partial charge in [-0.1, -0.05) is 17.7 Å². The molecule has 0 spiro atoms. The number of hydrogen-bond acceptors (Lipinski definition) is 5. The van der Waals surface area contributed by atoms with Gasteiger partial charge in [0.15, 0.2) is 5.43 Å². The molecule has 0 amide bonds. The van der Waals surface area contributed by atoms with E-state index >= 15 is 0 Å². The fourth-order valence-corrected chi connectivity index (χ4v) is 3.90. The molecule has 0 aliphatic rings. The summed E-state index contributed by atoms with van der Waals surface area (Å²) in [4.78, 5) is 17.4. The normalized spacial score (nSPS) is 12.4. The number of halogens is 2. The highest BCUT2D eigenvalue weighted by Gasteiger charge is 2.22. The summed E-state index contributed by atoms with van der Waals surface area (Å²) in [5, 5.41) is 8.22. The molecule has 1 atom stereocenters. The second kappa shape index (κ2) is 7.81. The Bertz CT molecular complexity index is 1380. The third-order valence-corrected chi connectivity index (χ3v) is 5.60. The second-order valence-electron chi connectivity index (χ2n) is 7.72. The van der Waals surface area contributed by atoms with Crippen molar-refractivity contribution in [1.82, 2.24) is 14.8 Å². The van der Waals surface area contributed by atoms with Crippen molar-refractivity contribution in [3.8, 4) is 11.3 Å². The minimum Gasteiger partial charge on any atom is -0.455 e. The van der Waals surface area contributed by atoms with Crippen LogP contribution in [-0.2, 0) is 7.05 Å². The maximum absolute atomic E-state index is 14.6. The van der Waals surface area contributed by atoms with E-state index in [1.165, 1.54) is 13.2 Å². The number of hydrogen-bond donors (Lipinski definition) is 1. The summed E-state index contributed by atoms with van der Waals surface area (Å²) in [7, 11) is 1.50. The van der Waals surface area contributed by atoms with E-state index in [4.69, 9.17) is 16.0 Å². The average molecular weight is 441 g/mol. The molecule has 160 valence electrons. The summed E-state index contributed by atoms with van der Waals surface area (Å²) in [6, 6.07) is 7.10. The molecule has 0 aliphatic carbocycles. The van der Waals surface area contributed by atoms with E-state index in [2.05, 4.69) is 15.4 Å². The molecule has 0 bridgehead atoms. The summed E-state index contributed by atoms with van der Waals surface area (Å²) in [6.45, 7) is 7.39. The van der Waals surface area contributed by atoms with Crippen molar-refractivity contribution in [2.75, 3.05) is 5.32 Å². The number of rotatable bonds is 4. The highest BCUT2D eigenvalue weighted by atomic mass is 35.5. The SMILES string of the molecule is Cc1cc(C(C)Nc2ccc(Cl)nc2C)c2oc(-c3cnn(C)c3F)c(C)c(=O)c2c1. The first-order valence-corrected chi connectivity index (χ1v) is 10.2. The van der Waals surface area contributed by atoms with Crippen molar-refractivity contribution in [2.24, 2.45) is 7.05 Å². The molecule has 31 heavy (non-hydrogen) atoms. The van der Waals surface area contributed by atoms with Crippen molar-refractivity contribution >= 4 is 28.3 Å². The third kappa shape index (κ3) is 3.70. The summed E-state index contributed by atoms with van der Waals surface area (Å²) in [5.74, 6) is -0.377. The zero-order valence-corrected chi connectivity index (χ0v) is 18.6. The highest BCUT2D eigenvalue weighted by Crippen LogP contribution is 2.33. The van der Waals surface area contributed by atoms with Gasteiger partial charge in [0.05, 0.1) is 34.6 Å². The quantitative estimate of drug-likeness (QED) is 0.425. The molecule has 3 heterocycles. The Morgan fingerprint density at radius 2 is 1.97 bits per heavy atom. The molecule has 0 fully saturated rings. The number of anilines is 1. The van der Waals surface area contributed by atoms with Gasteiger partial charge < -0.3 is 9.73 Å². The largest absolute Gasteiger partial charge is 0.455 e. The second-order valence-corrected chi connectivity index (χ2v) is 8.11. The van der Waals surface area contributed by atoms with Crippen molar-refractivity contribution in [3.05, 3.63) is 74.2 Å². The van der Waals surface area contributed by atoms with Crippen LogP contribution >= 0.6 is 11.6 Å². The van der Waals surface area contributed by atoms with Gasteiger partial charge in [-0.25, -0.2) is 9.67 Å². The summed E-state index contributed by atoms with van der Waals surface area (Å²) in [5.41, 5.74) is 4.01. The first-order valence-electron chi connectivity index (χ1n) is 9.83. The lowest BCUT2D eigenvalue weighted by Gasteiger charge is -2.19. The van der Waals surface area contributed by atoms with E-state index in [1.807, 2.05) is 32.9 Å². The van der Waals surface area contributed by atoms with E-state index in [1.54, 1.807) is 19.1 Å². The van der Waals surface area contributed by atoms with Crippen LogP contribution in [0.25, 0.3) is 22.3 Å². The maximum atomic E-state index is 14.6. The maximum Gasteiger partial charge on any atom is 0.222 e. The van der Waals surface area contributed by atoms with E-state index < -0.39 is 5.95 Å². The Balaban J connectivity index is 1.90. The van der Waals surface area contributed by atoms with Crippen LogP contribution < -0.4 is 10.7 Å². The molecular weight excluding hydrogens is 419 g/mol. The first-order chi connectivity index (χ1) is 14.7. The summed E-state index contributed by atoms with van der Waals surface area (Å²) >= 11 is 5.97. The third-order valence-electron chi connectivity index (χ3n) is 5.39. The number of aromatic nitrogens is 3. The Morgan fingerprint density at radius 3 is 2.61 bits per heavy atom. The molecule has 0 saturated heterocycles. The molecule has 0 saturated carbocycles. The zero-order valence-electron chi connectivity index (χ0n) is 17.9. The Morgan fingerprint density at radius 1 is 1.23 bits per heavy atom. The van der Waals surface area contributed by atoms with Crippen molar-refractivity contribution in [3.63, 3.8) is 0 Å². The predicted octanol–water partition coefficient (Wildman–Crippen LogP) is 5.48. The minimum atomic E-state index is -0.562. The summed E-state index contributed by atoms with van der Waals surface area (Å²) in [6.07, 6.45) is 1.37. The van der Waals surface area contributed by atoms with Gasteiger partial charge in [-0.05, 0) is 51.5 Å². The zero-order chi connectivity index (χ0) is 22.4. The predicted molar refractivity (Wildman–Crippen MR) is 120 cm³/mol. The van der Waals surface area contributed by atoms with Gasteiger partial charge in [-0.3, -0.25) is 4.79 Å². The molecule has 1 unspecified atom stereocenters. The smallest absolute Gasteiger partial charge is 0.222 e. The van der Waals surface area contributed by atoms with Crippen LogP contribution in [0.2, 0.25) is 5.15 Å². The van der Waals surface area contributed by atoms with Crippen LogP contribution in [0.1, 0.15) is 35.3 Å². The van der Waals surface area contributed by atoms with Gasteiger partial charge in [-0.2, -0.15) is 9.49 Å². The van der Waals surface area contributed by atoms with Gasteiger partial charge in [0.1, 0.15) is 16.5 Å². The number of benzene rings is 1. The van der Waals surface area contributed by atoms with E-state index in [-0.39, 0.29) is 22.8 Å². The van der Waals surface area contributed by atoms with Gasteiger partial charge in [-0.15, -0.1) is 0 Å². The molecule has 0 aliphatic heterocycles. The standard InChI is InChI=1S/C23H22ClFN4O2/c1-11-8-15(13(3)27-18-6-7-19(24)28-14(18)4)22-16(9-11)20(30)12(2)21(31-22)17-10-26-29(5)23(17)25/h6-10,13,27H,1-5H3. The Hall–Kier alpha value is -3.19. The molecular formula is C23H22ClFN4O2. The monoisotopic (exact) mass is 440 g/mol. The average Bonchev–Trinajstić information content (AvgIpc) is 3.05. The molecule has 0 radical (unpaired) electrons. The topological polar surface area (TPSA) is 73.0 Å². The van der Waals surface area contributed by atoms with Gasteiger partial charge in [0, 0.05) is 18.2 Å². The van der Waals surface area contributed by atoms with Crippen LogP contribution in [0.3, 0.4) is 0 Å². The lowest BCUT2D eigenvalue weighted by molar-refractivity contribution is 0.501. The molecule has 1 N–H and O–H groups in total. The van der Waals surface area contributed by atoms with Crippen LogP contribution in [0.15, 0.2) is 39.7 Å². The highest BCUT2D eigenvalue weighted by molar-refractivity contribution is 6.29. The first kappa shape index (κ1) is 21.1. The van der Waals surface area contributed by atoms with Crippen LogP contribution in [0.5, 0.6) is 0 Å². The lowest BCUT2D eigenvalue weighted by Crippen LogP contribution is -2.13. The van der Waals surface area contributed by atoms with Gasteiger partial charge in [0.2, 0.25) is 5.95 Å². The molecule has 3 aromatic heterocycles. The van der Waals surface area contributed by atoms with E-state index in [0.29, 0.717) is 21.7 Å². The van der Waals surface area contributed by atoms with Crippen LogP contribution in [-0.4, -0.2) is 14.8 Å². The molecule has 4 rings (SSSR count). The van der Waals surface area contributed by atoms with E-state index in [0.717, 1.165) is 27.2 Å².